The van der Waals surface area contributed by atoms with Crippen LogP contribution < -0.4 is 4.74 Å². The maximum absolute atomic E-state index is 10.8. The van der Waals surface area contributed by atoms with E-state index in [4.69, 9.17) is 16.3 Å². The monoisotopic (exact) mass is 229 g/mol. The predicted octanol–water partition coefficient (Wildman–Crippen LogP) is 2.91. The normalized spacial score (nSPS) is 10.0. The van der Waals surface area contributed by atoms with Gasteiger partial charge in [0, 0.05) is 11.4 Å². The SMILES string of the molecule is Cc1cccc(OCCCCl)c1[N+](=O)[O-]. The summed E-state index contributed by atoms with van der Waals surface area (Å²) >= 11 is 5.49. The molecule has 0 atom stereocenters. The van der Waals surface area contributed by atoms with Crippen molar-refractivity contribution < 1.29 is 9.66 Å². The zero-order valence-electron chi connectivity index (χ0n) is 8.40. The number of nitro groups is 1. The van der Waals surface area contributed by atoms with Gasteiger partial charge in [-0.25, -0.2) is 0 Å². The van der Waals surface area contributed by atoms with Gasteiger partial charge < -0.3 is 4.74 Å². The number of halogens is 1. The van der Waals surface area contributed by atoms with Gasteiger partial charge in [0.2, 0.25) is 0 Å². The highest BCUT2D eigenvalue weighted by molar-refractivity contribution is 6.17. The average Bonchev–Trinajstić information content (AvgIpc) is 2.17. The summed E-state index contributed by atoms with van der Waals surface area (Å²) in [6.45, 7) is 2.08. The standard InChI is InChI=1S/C10H12ClNO3/c1-8-4-2-5-9(10(8)12(13)14)15-7-3-6-11/h2,4-5H,3,6-7H2,1H3. The Kier molecular flexibility index (Phi) is 4.37. The van der Waals surface area contributed by atoms with Crippen molar-refractivity contribution in [2.45, 2.75) is 13.3 Å². The van der Waals surface area contributed by atoms with Gasteiger partial charge in [-0.2, -0.15) is 0 Å². The summed E-state index contributed by atoms with van der Waals surface area (Å²) in [5, 5.41) is 10.8. The lowest BCUT2D eigenvalue weighted by molar-refractivity contribution is -0.386. The summed E-state index contributed by atoms with van der Waals surface area (Å²) in [6.07, 6.45) is 0.673. The summed E-state index contributed by atoms with van der Waals surface area (Å²) in [5.41, 5.74) is 0.635. The Morgan fingerprint density at radius 3 is 2.87 bits per heavy atom. The lowest BCUT2D eigenvalue weighted by atomic mass is 10.2. The number of para-hydroxylation sites is 1. The van der Waals surface area contributed by atoms with Crippen LogP contribution in [-0.4, -0.2) is 17.4 Å². The first-order valence-corrected chi connectivity index (χ1v) is 5.13. The third-order valence-corrected chi connectivity index (χ3v) is 2.19. The molecule has 5 heteroatoms. The van der Waals surface area contributed by atoms with Gasteiger partial charge >= 0.3 is 5.69 Å². The molecule has 1 aromatic rings. The molecule has 0 aromatic heterocycles. The maximum atomic E-state index is 10.8. The molecule has 82 valence electrons. The van der Waals surface area contributed by atoms with E-state index in [0.717, 1.165) is 0 Å². The minimum absolute atomic E-state index is 0.0343. The van der Waals surface area contributed by atoms with Gasteiger partial charge in [-0.05, 0) is 19.4 Å². The molecule has 15 heavy (non-hydrogen) atoms. The molecule has 0 fully saturated rings. The molecular formula is C10H12ClNO3. The Bertz CT molecular complexity index is 355. The highest BCUT2D eigenvalue weighted by Crippen LogP contribution is 2.30. The number of alkyl halides is 1. The van der Waals surface area contributed by atoms with Gasteiger partial charge in [-0.1, -0.05) is 12.1 Å². The first kappa shape index (κ1) is 11.8. The predicted molar refractivity (Wildman–Crippen MR) is 58.7 cm³/mol. The molecule has 0 spiro atoms. The van der Waals surface area contributed by atoms with E-state index in [1.54, 1.807) is 25.1 Å². The van der Waals surface area contributed by atoms with Crippen molar-refractivity contribution in [3.63, 3.8) is 0 Å². The Morgan fingerprint density at radius 1 is 1.53 bits per heavy atom. The molecule has 0 saturated carbocycles. The van der Waals surface area contributed by atoms with Crippen LogP contribution in [0, 0.1) is 17.0 Å². The molecule has 0 aliphatic carbocycles. The third kappa shape index (κ3) is 3.09. The topological polar surface area (TPSA) is 52.4 Å². The van der Waals surface area contributed by atoms with Crippen molar-refractivity contribution in [2.24, 2.45) is 0 Å². The maximum Gasteiger partial charge on any atom is 0.313 e. The van der Waals surface area contributed by atoms with E-state index in [9.17, 15) is 10.1 Å². The lowest BCUT2D eigenvalue weighted by Crippen LogP contribution is -2.02. The van der Waals surface area contributed by atoms with Crippen molar-refractivity contribution in [2.75, 3.05) is 12.5 Å². The molecule has 0 unspecified atom stereocenters. The van der Waals surface area contributed by atoms with Gasteiger partial charge in [0.1, 0.15) is 0 Å². The molecule has 0 saturated heterocycles. The molecule has 0 bridgehead atoms. The molecule has 0 aliphatic rings. The zero-order valence-corrected chi connectivity index (χ0v) is 9.16. The number of nitro benzene ring substituents is 1. The molecule has 0 N–H and O–H groups in total. The van der Waals surface area contributed by atoms with Crippen molar-refractivity contribution in [3.8, 4) is 5.75 Å². The van der Waals surface area contributed by atoms with Crippen LogP contribution in [0.1, 0.15) is 12.0 Å². The van der Waals surface area contributed by atoms with Crippen LogP contribution in [0.2, 0.25) is 0 Å². The summed E-state index contributed by atoms with van der Waals surface area (Å²) in [6, 6.07) is 5.02. The Labute approximate surface area is 93.0 Å². The second-order valence-electron chi connectivity index (χ2n) is 3.07. The number of aryl methyl sites for hydroxylation is 1. The molecule has 0 radical (unpaired) electrons. The summed E-state index contributed by atoms with van der Waals surface area (Å²) in [7, 11) is 0. The van der Waals surface area contributed by atoms with Crippen LogP contribution in [0.5, 0.6) is 5.75 Å². The van der Waals surface area contributed by atoms with Gasteiger partial charge in [0.25, 0.3) is 0 Å². The highest BCUT2D eigenvalue weighted by Gasteiger charge is 2.17. The molecule has 4 nitrogen and oxygen atoms in total. The fraction of sp³-hybridized carbons (Fsp3) is 0.400. The van der Waals surface area contributed by atoms with Crippen molar-refractivity contribution >= 4 is 17.3 Å². The minimum atomic E-state index is -0.425. The molecule has 1 aromatic carbocycles. The fourth-order valence-corrected chi connectivity index (χ4v) is 1.33. The average molecular weight is 230 g/mol. The van der Waals surface area contributed by atoms with Crippen molar-refractivity contribution in [3.05, 3.63) is 33.9 Å². The number of nitrogens with zero attached hydrogens (tertiary/aromatic N) is 1. The van der Waals surface area contributed by atoms with Crippen LogP contribution in [0.25, 0.3) is 0 Å². The second kappa shape index (κ2) is 5.56. The Morgan fingerprint density at radius 2 is 2.27 bits per heavy atom. The first-order valence-electron chi connectivity index (χ1n) is 4.59. The first-order chi connectivity index (χ1) is 7.16. The minimum Gasteiger partial charge on any atom is -0.487 e. The van der Waals surface area contributed by atoms with Crippen LogP contribution >= 0.6 is 11.6 Å². The van der Waals surface area contributed by atoms with Crippen LogP contribution in [0.3, 0.4) is 0 Å². The smallest absolute Gasteiger partial charge is 0.313 e. The zero-order chi connectivity index (χ0) is 11.3. The number of hydrogen-bond donors (Lipinski definition) is 0. The molecule has 0 aliphatic heterocycles. The van der Waals surface area contributed by atoms with Gasteiger partial charge in [0.05, 0.1) is 11.5 Å². The summed E-state index contributed by atoms with van der Waals surface area (Å²) in [5.74, 6) is 0.796. The Balaban J connectivity index is 2.86. The highest BCUT2D eigenvalue weighted by atomic mass is 35.5. The van der Waals surface area contributed by atoms with Crippen molar-refractivity contribution in [1.29, 1.82) is 0 Å². The van der Waals surface area contributed by atoms with Crippen LogP contribution in [0.4, 0.5) is 5.69 Å². The van der Waals surface area contributed by atoms with E-state index >= 15 is 0 Å². The molecular weight excluding hydrogens is 218 g/mol. The largest absolute Gasteiger partial charge is 0.487 e. The quantitative estimate of drug-likeness (QED) is 0.338. The van der Waals surface area contributed by atoms with E-state index in [1.807, 2.05) is 0 Å². The van der Waals surface area contributed by atoms with Gasteiger partial charge in [-0.15, -0.1) is 11.6 Å². The third-order valence-electron chi connectivity index (χ3n) is 1.92. The fourth-order valence-electron chi connectivity index (χ4n) is 1.22. The summed E-state index contributed by atoms with van der Waals surface area (Å²) < 4.78 is 5.29. The van der Waals surface area contributed by atoms with E-state index in [1.165, 1.54) is 0 Å². The lowest BCUT2D eigenvalue weighted by Gasteiger charge is -2.06. The summed E-state index contributed by atoms with van der Waals surface area (Å²) in [4.78, 5) is 10.3. The molecule has 0 amide bonds. The van der Waals surface area contributed by atoms with E-state index in [0.29, 0.717) is 30.2 Å². The van der Waals surface area contributed by atoms with Crippen molar-refractivity contribution in [1.82, 2.24) is 0 Å². The van der Waals surface area contributed by atoms with Crippen LogP contribution in [0.15, 0.2) is 18.2 Å². The molecule has 0 heterocycles. The number of hydrogen-bond acceptors (Lipinski definition) is 3. The number of ether oxygens (including phenoxy) is 1. The van der Waals surface area contributed by atoms with E-state index in [-0.39, 0.29) is 5.69 Å². The van der Waals surface area contributed by atoms with E-state index < -0.39 is 4.92 Å². The second-order valence-corrected chi connectivity index (χ2v) is 3.45. The van der Waals surface area contributed by atoms with E-state index in [2.05, 4.69) is 0 Å². The number of benzene rings is 1. The Hall–Kier alpha value is -1.29. The molecule has 1 rings (SSSR count). The van der Waals surface area contributed by atoms with Crippen LogP contribution in [-0.2, 0) is 0 Å². The van der Waals surface area contributed by atoms with Gasteiger partial charge in [0.15, 0.2) is 5.75 Å². The number of rotatable bonds is 5. The van der Waals surface area contributed by atoms with Gasteiger partial charge in [-0.3, -0.25) is 10.1 Å².